The number of pyridine rings is 1. The maximum absolute atomic E-state index is 4.47. The molecule has 0 radical (unpaired) electrons. The van der Waals surface area contributed by atoms with Gasteiger partial charge in [-0.05, 0) is 31.5 Å². The van der Waals surface area contributed by atoms with Crippen molar-refractivity contribution in [3.8, 4) is 5.82 Å². The number of hydrogen-bond donors (Lipinski definition) is 1. The van der Waals surface area contributed by atoms with E-state index >= 15 is 0 Å². The highest BCUT2D eigenvalue weighted by atomic mass is 15.1. The third-order valence-electron chi connectivity index (χ3n) is 3.44. The van der Waals surface area contributed by atoms with Gasteiger partial charge in [-0.2, -0.15) is 0 Å². The number of benzene rings is 1. The molecule has 0 unspecified atom stereocenters. The minimum atomic E-state index is 0.797. The molecule has 3 rings (SSSR count). The molecule has 2 heterocycles. The summed E-state index contributed by atoms with van der Waals surface area (Å²) < 4.78 is 1.96. The summed E-state index contributed by atoms with van der Waals surface area (Å²) in [5.41, 5.74) is 3.55. The van der Waals surface area contributed by atoms with Crippen molar-refractivity contribution in [2.45, 2.75) is 20.4 Å². The van der Waals surface area contributed by atoms with Crippen LogP contribution in [0.4, 0.5) is 5.69 Å². The summed E-state index contributed by atoms with van der Waals surface area (Å²) >= 11 is 0. The quantitative estimate of drug-likeness (QED) is 0.794. The van der Waals surface area contributed by atoms with E-state index in [2.05, 4.69) is 46.5 Å². The van der Waals surface area contributed by atoms with Crippen LogP contribution in [0.5, 0.6) is 0 Å². The van der Waals surface area contributed by atoms with E-state index in [9.17, 15) is 0 Å². The number of aromatic nitrogens is 3. The van der Waals surface area contributed by atoms with Gasteiger partial charge in [-0.3, -0.25) is 4.57 Å². The van der Waals surface area contributed by atoms with Crippen molar-refractivity contribution in [1.82, 2.24) is 14.5 Å². The molecule has 0 amide bonds. The molecule has 0 fully saturated rings. The van der Waals surface area contributed by atoms with E-state index < -0.39 is 0 Å². The maximum atomic E-state index is 4.47. The van der Waals surface area contributed by atoms with Crippen LogP contribution in [-0.4, -0.2) is 14.5 Å². The van der Waals surface area contributed by atoms with E-state index in [4.69, 9.17) is 0 Å². The van der Waals surface area contributed by atoms with Crippen molar-refractivity contribution in [1.29, 1.82) is 0 Å². The third-order valence-corrected chi connectivity index (χ3v) is 3.44. The first-order valence-corrected chi connectivity index (χ1v) is 6.98. The molecule has 4 heteroatoms. The van der Waals surface area contributed by atoms with Crippen molar-refractivity contribution in [3.63, 3.8) is 0 Å². The second-order valence-corrected chi connectivity index (χ2v) is 5.09. The standard InChI is InChI=1S/C17H18N4/c1-13-3-5-15(6-4-13)11-19-16-7-8-17(20-12-16)21-10-9-18-14(21)2/h3-10,12,19H,11H2,1-2H3. The molecule has 4 nitrogen and oxygen atoms in total. The number of nitrogens with one attached hydrogen (secondary N) is 1. The first-order chi connectivity index (χ1) is 10.2. The van der Waals surface area contributed by atoms with Crippen LogP contribution in [0.3, 0.4) is 0 Å². The topological polar surface area (TPSA) is 42.7 Å². The number of aryl methyl sites for hydroxylation is 2. The summed E-state index contributed by atoms with van der Waals surface area (Å²) in [4.78, 5) is 8.67. The lowest BCUT2D eigenvalue weighted by molar-refractivity contribution is 0.932. The van der Waals surface area contributed by atoms with Gasteiger partial charge in [0.25, 0.3) is 0 Å². The summed E-state index contributed by atoms with van der Waals surface area (Å²) in [7, 11) is 0. The van der Waals surface area contributed by atoms with Gasteiger partial charge in [0, 0.05) is 18.9 Å². The zero-order valence-electron chi connectivity index (χ0n) is 12.2. The maximum Gasteiger partial charge on any atom is 0.138 e. The van der Waals surface area contributed by atoms with Crippen molar-refractivity contribution in [2.24, 2.45) is 0 Å². The normalized spacial score (nSPS) is 10.6. The zero-order chi connectivity index (χ0) is 14.7. The van der Waals surface area contributed by atoms with Gasteiger partial charge in [0.1, 0.15) is 11.6 Å². The number of anilines is 1. The van der Waals surface area contributed by atoms with Crippen LogP contribution in [0.15, 0.2) is 55.0 Å². The van der Waals surface area contributed by atoms with Gasteiger partial charge in [0.15, 0.2) is 0 Å². The summed E-state index contributed by atoms with van der Waals surface area (Å²) in [5, 5.41) is 3.38. The minimum absolute atomic E-state index is 0.797. The Morgan fingerprint density at radius 1 is 1.00 bits per heavy atom. The molecule has 21 heavy (non-hydrogen) atoms. The second-order valence-electron chi connectivity index (χ2n) is 5.09. The summed E-state index contributed by atoms with van der Waals surface area (Å²) in [6.45, 7) is 4.86. The van der Waals surface area contributed by atoms with Gasteiger partial charge in [-0.25, -0.2) is 9.97 Å². The van der Waals surface area contributed by atoms with Crippen molar-refractivity contribution < 1.29 is 0 Å². The molecule has 0 aliphatic carbocycles. The fourth-order valence-electron chi connectivity index (χ4n) is 2.16. The van der Waals surface area contributed by atoms with Crippen molar-refractivity contribution in [2.75, 3.05) is 5.32 Å². The molecule has 0 spiro atoms. The molecule has 0 aliphatic heterocycles. The molecule has 0 atom stereocenters. The Kier molecular flexibility index (Phi) is 3.69. The third kappa shape index (κ3) is 3.11. The lowest BCUT2D eigenvalue weighted by Crippen LogP contribution is -2.02. The monoisotopic (exact) mass is 278 g/mol. The molecule has 1 N–H and O–H groups in total. The average molecular weight is 278 g/mol. The highest BCUT2D eigenvalue weighted by molar-refractivity contribution is 5.44. The van der Waals surface area contributed by atoms with E-state index in [-0.39, 0.29) is 0 Å². The molecule has 2 aromatic heterocycles. The van der Waals surface area contributed by atoms with E-state index in [0.29, 0.717) is 0 Å². The Morgan fingerprint density at radius 3 is 2.43 bits per heavy atom. The van der Waals surface area contributed by atoms with Crippen molar-refractivity contribution >= 4 is 5.69 Å². The van der Waals surface area contributed by atoms with E-state index in [1.807, 2.05) is 36.0 Å². The van der Waals surface area contributed by atoms with Crippen LogP contribution in [0.2, 0.25) is 0 Å². The Labute approximate surface area is 124 Å². The van der Waals surface area contributed by atoms with Gasteiger partial charge < -0.3 is 5.32 Å². The SMILES string of the molecule is Cc1ccc(CNc2ccc(-n3ccnc3C)nc2)cc1. The van der Waals surface area contributed by atoms with Crippen LogP contribution in [0.25, 0.3) is 5.82 Å². The first kappa shape index (κ1) is 13.4. The van der Waals surface area contributed by atoms with Gasteiger partial charge >= 0.3 is 0 Å². The molecular weight excluding hydrogens is 260 g/mol. The zero-order valence-corrected chi connectivity index (χ0v) is 12.2. The molecule has 0 aliphatic rings. The van der Waals surface area contributed by atoms with Crippen LogP contribution < -0.4 is 5.32 Å². The lowest BCUT2D eigenvalue weighted by atomic mass is 10.1. The lowest BCUT2D eigenvalue weighted by Gasteiger charge is -2.08. The van der Waals surface area contributed by atoms with Gasteiger partial charge in [-0.1, -0.05) is 29.8 Å². The largest absolute Gasteiger partial charge is 0.380 e. The van der Waals surface area contributed by atoms with Gasteiger partial charge in [0.2, 0.25) is 0 Å². The van der Waals surface area contributed by atoms with Crippen LogP contribution >= 0.6 is 0 Å². The number of nitrogens with zero attached hydrogens (tertiary/aromatic N) is 3. The smallest absolute Gasteiger partial charge is 0.138 e. The van der Waals surface area contributed by atoms with Crippen LogP contribution in [-0.2, 0) is 6.54 Å². The Morgan fingerprint density at radius 2 is 1.81 bits per heavy atom. The average Bonchev–Trinajstić information content (AvgIpc) is 2.93. The van der Waals surface area contributed by atoms with Crippen LogP contribution in [0, 0.1) is 13.8 Å². The number of imidazole rings is 1. The Balaban J connectivity index is 1.67. The van der Waals surface area contributed by atoms with E-state index in [1.54, 1.807) is 6.20 Å². The molecule has 106 valence electrons. The summed E-state index contributed by atoms with van der Waals surface area (Å²) in [5.74, 6) is 1.81. The highest BCUT2D eigenvalue weighted by Crippen LogP contribution is 2.13. The first-order valence-electron chi connectivity index (χ1n) is 6.98. The molecule has 1 aromatic carbocycles. The second kappa shape index (κ2) is 5.79. The van der Waals surface area contributed by atoms with Gasteiger partial charge in [-0.15, -0.1) is 0 Å². The summed E-state index contributed by atoms with van der Waals surface area (Å²) in [6, 6.07) is 12.6. The van der Waals surface area contributed by atoms with E-state index in [1.165, 1.54) is 11.1 Å². The van der Waals surface area contributed by atoms with Crippen molar-refractivity contribution in [3.05, 3.63) is 71.9 Å². The highest BCUT2D eigenvalue weighted by Gasteiger charge is 2.01. The number of hydrogen-bond acceptors (Lipinski definition) is 3. The van der Waals surface area contributed by atoms with E-state index in [0.717, 1.165) is 23.9 Å². The Bertz CT molecular complexity index is 711. The minimum Gasteiger partial charge on any atom is -0.380 e. The predicted molar refractivity (Wildman–Crippen MR) is 84.6 cm³/mol. The van der Waals surface area contributed by atoms with Gasteiger partial charge in [0.05, 0.1) is 11.9 Å². The molecule has 0 bridgehead atoms. The molecule has 0 saturated carbocycles. The molecule has 0 saturated heterocycles. The predicted octanol–water partition coefficient (Wildman–Crippen LogP) is 3.50. The van der Waals surface area contributed by atoms with Crippen LogP contribution in [0.1, 0.15) is 17.0 Å². The Hall–Kier alpha value is -2.62. The molecular formula is C17H18N4. The fourth-order valence-corrected chi connectivity index (χ4v) is 2.16. The fraction of sp³-hybridized carbons (Fsp3) is 0.176. The molecule has 3 aromatic rings. The number of rotatable bonds is 4. The summed E-state index contributed by atoms with van der Waals surface area (Å²) in [6.07, 6.45) is 5.54.